The van der Waals surface area contributed by atoms with Gasteiger partial charge in [0.2, 0.25) is 0 Å². The van der Waals surface area contributed by atoms with Crippen LogP contribution >= 0.6 is 0 Å². The van der Waals surface area contributed by atoms with Crippen molar-refractivity contribution in [1.82, 2.24) is 30.2 Å². The van der Waals surface area contributed by atoms with E-state index < -0.39 is 10.0 Å². The number of aromatic amines is 2. The lowest BCUT2D eigenvalue weighted by atomic mass is 10.3. The van der Waals surface area contributed by atoms with Gasteiger partial charge < -0.3 is 10.3 Å². The van der Waals surface area contributed by atoms with Gasteiger partial charge in [-0.3, -0.25) is 5.10 Å². The Bertz CT molecular complexity index is 635. The fraction of sp³-hybridized carbons (Fsp3) is 0.500. The van der Waals surface area contributed by atoms with Crippen LogP contribution in [0.15, 0.2) is 23.6 Å². The van der Waals surface area contributed by atoms with E-state index in [1.54, 1.807) is 12.4 Å². The zero-order valence-electron chi connectivity index (χ0n) is 11.9. The zero-order valence-corrected chi connectivity index (χ0v) is 12.7. The van der Waals surface area contributed by atoms with Crippen LogP contribution in [0.5, 0.6) is 0 Å². The summed E-state index contributed by atoms with van der Waals surface area (Å²) < 4.78 is 27.0. The minimum Gasteiger partial charge on any atom is -0.349 e. The summed E-state index contributed by atoms with van der Waals surface area (Å²) in [6.07, 6.45) is 6.32. The van der Waals surface area contributed by atoms with Gasteiger partial charge in [-0.1, -0.05) is 6.92 Å². The molecule has 9 heteroatoms. The molecule has 0 fully saturated rings. The molecule has 0 aliphatic heterocycles. The Kier molecular flexibility index (Phi) is 5.48. The van der Waals surface area contributed by atoms with E-state index >= 15 is 0 Å². The Morgan fingerprint density at radius 1 is 1.38 bits per heavy atom. The highest BCUT2D eigenvalue weighted by Crippen LogP contribution is 2.11. The maximum Gasteiger partial charge on any atom is 0.257 e. The topological polar surface area (TPSA) is 116 Å². The van der Waals surface area contributed by atoms with Crippen molar-refractivity contribution < 1.29 is 8.42 Å². The second-order valence-electron chi connectivity index (χ2n) is 4.54. The summed E-state index contributed by atoms with van der Waals surface area (Å²) >= 11 is 0. The van der Waals surface area contributed by atoms with E-state index in [2.05, 4.69) is 30.2 Å². The van der Waals surface area contributed by atoms with E-state index in [4.69, 9.17) is 0 Å². The van der Waals surface area contributed by atoms with Gasteiger partial charge in [0, 0.05) is 37.5 Å². The molecular formula is C12H20N6O2S. The van der Waals surface area contributed by atoms with Gasteiger partial charge in [0.25, 0.3) is 10.0 Å². The molecular weight excluding hydrogens is 292 g/mol. The molecule has 0 aliphatic rings. The van der Waals surface area contributed by atoms with E-state index in [9.17, 15) is 8.42 Å². The maximum absolute atomic E-state index is 12.2. The summed E-state index contributed by atoms with van der Waals surface area (Å²) in [6, 6.07) is 0. The van der Waals surface area contributed by atoms with E-state index in [0.29, 0.717) is 31.5 Å². The number of rotatable bonds is 9. The van der Waals surface area contributed by atoms with Crippen LogP contribution in [0.1, 0.15) is 24.7 Å². The average molecular weight is 312 g/mol. The molecule has 0 radical (unpaired) electrons. The molecule has 0 saturated carbocycles. The third-order valence-electron chi connectivity index (χ3n) is 2.95. The maximum atomic E-state index is 12.2. The Morgan fingerprint density at radius 2 is 2.24 bits per heavy atom. The molecule has 0 atom stereocenters. The van der Waals surface area contributed by atoms with Gasteiger partial charge in [-0.15, -0.1) is 0 Å². The van der Waals surface area contributed by atoms with Crippen molar-refractivity contribution in [2.24, 2.45) is 0 Å². The van der Waals surface area contributed by atoms with Gasteiger partial charge in [0.15, 0.2) is 5.03 Å². The molecule has 0 unspecified atom stereocenters. The SMILES string of the molecule is CCNCc1cn[nH]c1S(=O)(=O)NCCCc1ncc[nH]1. The quantitative estimate of drug-likeness (QED) is 0.492. The molecule has 4 N–H and O–H groups in total. The van der Waals surface area contributed by atoms with Crippen molar-refractivity contribution in [3.05, 3.63) is 30.0 Å². The number of sulfonamides is 1. The summed E-state index contributed by atoms with van der Waals surface area (Å²) in [6.45, 7) is 3.54. The lowest BCUT2D eigenvalue weighted by Gasteiger charge is -2.07. The van der Waals surface area contributed by atoms with E-state index in [-0.39, 0.29) is 5.03 Å². The van der Waals surface area contributed by atoms with Crippen LogP contribution in [0.4, 0.5) is 0 Å². The van der Waals surface area contributed by atoms with E-state index in [1.807, 2.05) is 6.92 Å². The third kappa shape index (κ3) is 4.38. The summed E-state index contributed by atoms with van der Waals surface area (Å²) in [5.41, 5.74) is 0.635. The molecule has 2 heterocycles. The largest absolute Gasteiger partial charge is 0.349 e. The summed E-state index contributed by atoms with van der Waals surface area (Å²) in [5.74, 6) is 0.851. The average Bonchev–Trinajstić information content (AvgIpc) is 3.12. The van der Waals surface area contributed by atoms with Crippen molar-refractivity contribution in [3.8, 4) is 0 Å². The molecule has 0 spiro atoms. The highest BCUT2D eigenvalue weighted by Gasteiger charge is 2.19. The first-order chi connectivity index (χ1) is 10.1. The first-order valence-corrected chi connectivity index (χ1v) is 8.32. The molecule has 0 aromatic carbocycles. The van der Waals surface area contributed by atoms with Gasteiger partial charge in [0.05, 0.1) is 6.20 Å². The second-order valence-corrected chi connectivity index (χ2v) is 6.25. The second kappa shape index (κ2) is 7.34. The molecule has 0 bridgehead atoms. The van der Waals surface area contributed by atoms with Crippen molar-refractivity contribution in [2.45, 2.75) is 31.3 Å². The van der Waals surface area contributed by atoms with Crippen LogP contribution in [0.2, 0.25) is 0 Å². The first kappa shape index (κ1) is 15.7. The summed E-state index contributed by atoms with van der Waals surface area (Å²) in [4.78, 5) is 7.07. The summed E-state index contributed by atoms with van der Waals surface area (Å²) in [5, 5.41) is 9.57. The normalized spacial score (nSPS) is 11.9. The van der Waals surface area contributed by atoms with Gasteiger partial charge in [0.1, 0.15) is 5.82 Å². The summed E-state index contributed by atoms with van der Waals surface area (Å²) in [7, 11) is -3.56. The number of hydrogen-bond acceptors (Lipinski definition) is 5. The smallest absolute Gasteiger partial charge is 0.257 e. The highest BCUT2D eigenvalue weighted by molar-refractivity contribution is 7.89. The first-order valence-electron chi connectivity index (χ1n) is 6.84. The standard InChI is InChI=1S/C12H20N6O2S/c1-2-13-8-10-9-16-18-12(10)21(19,20)17-5-3-4-11-14-6-7-15-11/h6-7,9,13,17H,2-5,8H2,1H3,(H,14,15)(H,16,18). The Labute approximate surface area is 123 Å². The number of hydrogen-bond donors (Lipinski definition) is 4. The monoisotopic (exact) mass is 312 g/mol. The predicted molar refractivity (Wildman–Crippen MR) is 78.1 cm³/mol. The van der Waals surface area contributed by atoms with Gasteiger partial charge in [-0.25, -0.2) is 18.1 Å². The molecule has 2 aromatic rings. The van der Waals surface area contributed by atoms with Crippen LogP contribution in [0.25, 0.3) is 0 Å². The number of aromatic nitrogens is 4. The van der Waals surface area contributed by atoms with Gasteiger partial charge in [-0.2, -0.15) is 5.10 Å². The van der Waals surface area contributed by atoms with Crippen LogP contribution < -0.4 is 10.0 Å². The van der Waals surface area contributed by atoms with Gasteiger partial charge in [-0.05, 0) is 13.0 Å². The minimum absolute atomic E-state index is 0.126. The zero-order chi connectivity index (χ0) is 15.1. The molecule has 116 valence electrons. The number of H-pyrrole nitrogens is 2. The van der Waals surface area contributed by atoms with E-state index in [0.717, 1.165) is 12.4 Å². The van der Waals surface area contributed by atoms with Gasteiger partial charge >= 0.3 is 0 Å². The van der Waals surface area contributed by atoms with Crippen LogP contribution in [-0.4, -0.2) is 41.7 Å². The lowest BCUT2D eigenvalue weighted by molar-refractivity contribution is 0.571. The molecule has 2 rings (SSSR count). The molecule has 0 aliphatic carbocycles. The fourth-order valence-electron chi connectivity index (χ4n) is 1.89. The molecule has 0 amide bonds. The Balaban J connectivity index is 1.87. The Hall–Kier alpha value is -1.71. The fourth-order valence-corrected chi connectivity index (χ4v) is 3.09. The predicted octanol–water partition coefficient (Wildman–Crippen LogP) is 0.153. The number of aryl methyl sites for hydroxylation is 1. The molecule has 2 aromatic heterocycles. The lowest BCUT2D eigenvalue weighted by Crippen LogP contribution is -2.27. The van der Waals surface area contributed by atoms with Crippen molar-refractivity contribution in [2.75, 3.05) is 13.1 Å². The number of imidazole rings is 1. The minimum atomic E-state index is -3.56. The van der Waals surface area contributed by atoms with Crippen molar-refractivity contribution >= 4 is 10.0 Å². The van der Waals surface area contributed by atoms with Crippen molar-refractivity contribution in [1.29, 1.82) is 0 Å². The van der Waals surface area contributed by atoms with Crippen LogP contribution in [-0.2, 0) is 23.0 Å². The number of nitrogens with zero attached hydrogens (tertiary/aromatic N) is 2. The number of nitrogens with one attached hydrogen (secondary N) is 4. The van der Waals surface area contributed by atoms with Crippen molar-refractivity contribution in [3.63, 3.8) is 0 Å². The molecule has 0 saturated heterocycles. The van der Waals surface area contributed by atoms with Crippen LogP contribution in [0.3, 0.4) is 0 Å². The van der Waals surface area contributed by atoms with E-state index in [1.165, 1.54) is 6.20 Å². The molecule has 21 heavy (non-hydrogen) atoms. The van der Waals surface area contributed by atoms with Crippen LogP contribution in [0, 0.1) is 0 Å². The molecule has 8 nitrogen and oxygen atoms in total. The third-order valence-corrected chi connectivity index (χ3v) is 4.42. The Morgan fingerprint density at radius 3 is 2.95 bits per heavy atom. The highest BCUT2D eigenvalue weighted by atomic mass is 32.2.